The van der Waals surface area contributed by atoms with Crippen LogP contribution in [0.4, 0.5) is 0 Å². The molecule has 1 saturated carbocycles. The van der Waals surface area contributed by atoms with Crippen LogP contribution in [0.2, 0.25) is 0 Å². The molecule has 1 aliphatic carbocycles. The molecule has 1 aromatic rings. The van der Waals surface area contributed by atoms with E-state index in [1.54, 1.807) is 0 Å². The molecule has 2 rings (SSSR count). The summed E-state index contributed by atoms with van der Waals surface area (Å²) in [5.74, 6) is 0. The topological polar surface area (TPSA) is 66.5 Å². The molecule has 0 bridgehead atoms. The van der Waals surface area contributed by atoms with Crippen molar-refractivity contribution in [2.45, 2.75) is 24.4 Å². The van der Waals surface area contributed by atoms with Crippen LogP contribution < -0.4 is 5.73 Å². The summed E-state index contributed by atoms with van der Waals surface area (Å²) in [6.45, 7) is 0.421. The molecule has 1 unspecified atom stereocenters. The van der Waals surface area contributed by atoms with E-state index in [2.05, 4.69) is 0 Å². The maximum absolute atomic E-state index is 9.53. The second-order valence-electron chi connectivity index (χ2n) is 4.31. The maximum atomic E-state index is 9.53. The Morgan fingerprint density at radius 3 is 2.67 bits per heavy atom. The highest BCUT2D eigenvalue weighted by molar-refractivity contribution is 5.35. The Kier molecular flexibility index (Phi) is 2.78. The van der Waals surface area contributed by atoms with Crippen LogP contribution >= 0.6 is 0 Å². The molecule has 0 radical (unpaired) electrons. The second-order valence-corrected chi connectivity index (χ2v) is 4.31. The van der Waals surface area contributed by atoms with Gasteiger partial charge in [0, 0.05) is 12.0 Å². The van der Waals surface area contributed by atoms with Gasteiger partial charge in [0.05, 0.1) is 6.61 Å². The van der Waals surface area contributed by atoms with Crippen LogP contribution in [0.1, 0.15) is 30.1 Å². The van der Waals surface area contributed by atoms with Gasteiger partial charge in [-0.05, 0) is 24.0 Å². The zero-order chi connectivity index (χ0) is 10.9. The quantitative estimate of drug-likeness (QED) is 0.681. The van der Waals surface area contributed by atoms with Gasteiger partial charge in [0.2, 0.25) is 0 Å². The molecule has 0 aliphatic heterocycles. The molecule has 4 N–H and O–H groups in total. The molecule has 3 nitrogen and oxygen atoms in total. The van der Waals surface area contributed by atoms with Gasteiger partial charge < -0.3 is 15.9 Å². The molecule has 0 heterocycles. The van der Waals surface area contributed by atoms with Gasteiger partial charge in [0.25, 0.3) is 0 Å². The fourth-order valence-electron chi connectivity index (χ4n) is 1.94. The Morgan fingerprint density at radius 2 is 2.13 bits per heavy atom. The van der Waals surface area contributed by atoms with Crippen molar-refractivity contribution in [1.29, 1.82) is 0 Å². The minimum Gasteiger partial charge on any atom is -0.393 e. The van der Waals surface area contributed by atoms with Crippen molar-refractivity contribution in [1.82, 2.24) is 0 Å². The van der Waals surface area contributed by atoms with Gasteiger partial charge in [0.1, 0.15) is 6.10 Å². The average Bonchev–Trinajstić information content (AvgIpc) is 3.09. The first kappa shape index (κ1) is 10.6. The van der Waals surface area contributed by atoms with Crippen molar-refractivity contribution < 1.29 is 10.2 Å². The smallest absolute Gasteiger partial charge is 0.102 e. The van der Waals surface area contributed by atoms with Crippen LogP contribution in [-0.2, 0) is 5.41 Å². The molecule has 0 saturated heterocycles. The summed E-state index contributed by atoms with van der Waals surface area (Å²) in [6, 6.07) is 7.75. The number of hydrogen-bond acceptors (Lipinski definition) is 3. The molecular weight excluding hydrogens is 190 g/mol. The van der Waals surface area contributed by atoms with Gasteiger partial charge in [-0.1, -0.05) is 24.3 Å². The molecular formula is C12H17NO2. The lowest BCUT2D eigenvalue weighted by atomic mass is 9.93. The van der Waals surface area contributed by atoms with E-state index in [0.29, 0.717) is 6.54 Å². The number of benzene rings is 1. The molecule has 0 aromatic heterocycles. The van der Waals surface area contributed by atoms with E-state index in [1.807, 2.05) is 24.3 Å². The fraction of sp³-hybridized carbons (Fsp3) is 0.500. The predicted octanol–water partition coefficient (Wildman–Crippen LogP) is 0.703. The molecule has 1 fully saturated rings. The number of aliphatic hydroxyl groups excluding tert-OH is 2. The zero-order valence-corrected chi connectivity index (χ0v) is 8.69. The minimum absolute atomic E-state index is 0.144. The van der Waals surface area contributed by atoms with Crippen LogP contribution in [-0.4, -0.2) is 23.4 Å². The van der Waals surface area contributed by atoms with E-state index in [4.69, 9.17) is 10.8 Å². The maximum Gasteiger partial charge on any atom is 0.102 e. The molecule has 82 valence electrons. The summed E-state index contributed by atoms with van der Waals surface area (Å²) in [5, 5.41) is 18.4. The first-order chi connectivity index (χ1) is 7.22. The van der Waals surface area contributed by atoms with Crippen molar-refractivity contribution in [2.24, 2.45) is 5.73 Å². The van der Waals surface area contributed by atoms with Crippen molar-refractivity contribution in [3.63, 3.8) is 0 Å². The van der Waals surface area contributed by atoms with E-state index < -0.39 is 6.10 Å². The van der Waals surface area contributed by atoms with Gasteiger partial charge in [-0.25, -0.2) is 0 Å². The fourth-order valence-corrected chi connectivity index (χ4v) is 1.94. The molecule has 1 aliphatic rings. The highest BCUT2D eigenvalue weighted by Gasteiger charge is 2.42. The molecule has 0 amide bonds. The summed E-state index contributed by atoms with van der Waals surface area (Å²) in [4.78, 5) is 0. The third-order valence-electron chi connectivity index (χ3n) is 3.30. The third-order valence-corrected chi connectivity index (χ3v) is 3.30. The first-order valence-electron chi connectivity index (χ1n) is 5.31. The van der Waals surface area contributed by atoms with E-state index in [9.17, 15) is 5.11 Å². The van der Waals surface area contributed by atoms with Gasteiger partial charge >= 0.3 is 0 Å². The van der Waals surface area contributed by atoms with Crippen LogP contribution in [0.3, 0.4) is 0 Å². The SMILES string of the molecule is NCC1(c2cccc(C(O)CO)c2)CC1. The number of nitrogens with two attached hydrogens (primary N) is 1. The Morgan fingerprint density at radius 1 is 1.40 bits per heavy atom. The van der Waals surface area contributed by atoms with E-state index in [-0.39, 0.29) is 12.0 Å². The summed E-state index contributed by atoms with van der Waals surface area (Å²) in [5.41, 5.74) is 7.85. The van der Waals surface area contributed by atoms with Crippen LogP contribution in [0.15, 0.2) is 24.3 Å². The zero-order valence-electron chi connectivity index (χ0n) is 8.69. The Labute approximate surface area is 89.5 Å². The summed E-state index contributed by atoms with van der Waals surface area (Å²) in [7, 11) is 0. The molecule has 15 heavy (non-hydrogen) atoms. The summed E-state index contributed by atoms with van der Waals surface area (Å²) < 4.78 is 0. The van der Waals surface area contributed by atoms with E-state index >= 15 is 0 Å². The lowest BCUT2D eigenvalue weighted by molar-refractivity contribution is 0.0955. The third kappa shape index (κ3) is 1.91. The van der Waals surface area contributed by atoms with Crippen molar-refractivity contribution >= 4 is 0 Å². The Hall–Kier alpha value is -0.900. The normalized spacial score (nSPS) is 19.9. The van der Waals surface area contributed by atoms with Gasteiger partial charge in [0.15, 0.2) is 0 Å². The highest BCUT2D eigenvalue weighted by atomic mass is 16.3. The number of hydrogen-bond donors (Lipinski definition) is 3. The standard InChI is InChI=1S/C12H17NO2/c13-8-12(4-5-12)10-3-1-2-9(6-10)11(15)7-14/h1-3,6,11,14-15H,4-5,7-8,13H2. The van der Waals surface area contributed by atoms with Crippen molar-refractivity contribution in [3.8, 4) is 0 Å². The van der Waals surface area contributed by atoms with Crippen LogP contribution in [0.5, 0.6) is 0 Å². The van der Waals surface area contributed by atoms with Crippen molar-refractivity contribution in [2.75, 3.05) is 13.2 Å². The monoisotopic (exact) mass is 207 g/mol. The highest BCUT2D eigenvalue weighted by Crippen LogP contribution is 2.47. The molecule has 1 aromatic carbocycles. The predicted molar refractivity (Wildman–Crippen MR) is 58.5 cm³/mol. The van der Waals surface area contributed by atoms with Crippen LogP contribution in [0.25, 0.3) is 0 Å². The lowest BCUT2D eigenvalue weighted by Gasteiger charge is -2.15. The average molecular weight is 207 g/mol. The summed E-state index contributed by atoms with van der Waals surface area (Å²) >= 11 is 0. The molecule has 1 atom stereocenters. The van der Waals surface area contributed by atoms with E-state index in [0.717, 1.165) is 18.4 Å². The summed E-state index contributed by atoms with van der Waals surface area (Å²) in [6.07, 6.45) is 1.48. The van der Waals surface area contributed by atoms with E-state index in [1.165, 1.54) is 5.56 Å². The second kappa shape index (κ2) is 3.93. The number of rotatable bonds is 4. The Balaban J connectivity index is 2.27. The van der Waals surface area contributed by atoms with Gasteiger partial charge in [-0.15, -0.1) is 0 Å². The first-order valence-corrected chi connectivity index (χ1v) is 5.31. The Bertz CT molecular complexity index is 347. The van der Waals surface area contributed by atoms with Crippen LogP contribution in [0, 0.1) is 0 Å². The molecule has 3 heteroatoms. The lowest BCUT2D eigenvalue weighted by Crippen LogP contribution is -2.20. The number of aliphatic hydroxyl groups is 2. The minimum atomic E-state index is -0.779. The van der Waals surface area contributed by atoms with Gasteiger partial charge in [-0.3, -0.25) is 0 Å². The van der Waals surface area contributed by atoms with Crippen molar-refractivity contribution in [3.05, 3.63) is 35.4 Å². The largest absolute Gasteiger partial charge is 0.393 e. The van der Waals surface area contributed by atoms with Gasteiger partial charge in [-0.2, -0.15) is 0 Å². The molecule has 0 spiro atoms.